The molecule has 1 saturated carbocycles. The number of rotatable bonds is 2. The first-order valence-corrected chi connectivity index (χ1v) is 7.26. The van der Waals surface area contributed by atoms with Crippen molar-refractivity contribution in [3.8, 4) is 0 Å². The molecule has 2 atom stereocenters. The van der Waals surface area contributed by atoms with Crippen molar-refractivity contribution in [2.24, 2.45) is 17.8 Å². The number of carbonyl (C=O) groups is 2. The van der Waals surface area contributed by atoms with Gasteiger partial charge < -0.3 is 5.73 Å². The van der Waals surface area contributed by atoms with E-state index in [9.17, 15) is 9.59 Å². The van der Waals surface area contributed by atoms with Crippen LogP contribution in [0.25, 0.3) is 0 Å². The van der Waals surface area contributed by atoms with Gasteiger partial charge in [0, 0.05) is 0 Å². The van der Waals surface area contributed by atoms with E-state index in [-0.39, 0.29) is 23.7 Å². The molecule has 0 radical (unpaired) electrons. The van der Waals surface area contributed by atoms with Gasteiger partial charge in [-0.2, -0.15) is 0 Å². The minimum absolute atomic E-state index is 0.0634. The summed E-state index contributed by atoms with van der Waals surface area (Å²) in [7, 11) is 0. The molecule has 3 rings (SSSR count). The van der Waals surface area contributed by atoms with Crippen LogP contribution in [0.5, 0.6) is 0 Å². The molecule has 20 heavy (non-hydrogen) atoms. The van der Waals surface area contributed by atoms with Crippen LogP contribution in [0.3, 0.4) is 0 Å². The van der Waals surface area contributed by atoms with Crippen molar-refractivity contribution < 1.29 is 9.59 Å². The molecule has 2 unspecified atom stereocenters. The standard InChI is InChI=1S/C16H20N2O2/c1-3-10-7-11-12(8-10)16(20)18(15(11)19)14-5-4-9(2)6-13(14)17/h4-6,10-12H,3,7-8,17H2,1-2H3. The predicted octanol–water partition coefficient (Wildman–Crippen LogP) is 2.50. The zero-order valence-corrected chi connectivity index (χ0v) is 11.9. The molecule has 4 nitrogen and oxygen atoms in total. The number of imide groups is 1. The number of nitrogens with two attached hydrogens (primary N) is 1. The van der Waals surface area contributed by atoms with Crippen LogP contribution in [0, 0.1) is 24.7 Å². The highest BCUT2D eigenvalue weighted by atomic mass is 16.2. The van der Waals surface area contributed by atoms with Crippen LogP contribution in [0.4, 0.5) is 11.4 Å². The lowest BCUT2D eigenvalue weighted by molar-refractivity contribution is -0.123. The van der Waals surface area contributed by atoms with E-state index in [1.54, 1.807) is 12.1 Å². The van der Waals surface area contributed by atoms with Gasteiger partial charge in [-0.3, -0.25) is 9.59 Å². The molecule has 2 aliphatic rings. The highest BCUT2D eigenvalue weighted by Gasteiger charge is 2.52. The number of amides is 2. The summed E-state index contributed by atoms with van der Waals surface area (Å²) >= 11 is 0. The number of carbonyl (C=O) groups excluding carboxylic acids is 2. The Balaban J connectivity index is 1.94. The van der Waals surface area contributed by atoms with Gasteiger partial charge >= 0.3 is 0 Å². The highest BCUT2D eigenvalue weighted by molar-refractivity contribution is 6.23. The molecule has 2 fully saturated rings. The Kier molecular flexibility index (Phi) is 3.04. The molecule has 1 aliphatic heterocycles. The van der Waals surface area contributed by atoms with E-state index in [2.05, 4.69) is 6.92 Å². The molecular formula is C16H20N2O2. The van der Waals surface area contributed by atoms with Crippen LogP contribution in [0.2, 0.25) is 0 Å². The largest absolute Gasteiger partial charge is 0.397 e. The maximum absolute atomic E-state index is 12.5. The Morgan fingerprint density at radius 1 is 1.20 bits per heavy atom. The summed E-state index contributed by atoms with van der Waals surface area (Å²) in [5.74, 6) is 0.120. The molecule has 1 aliphatic carbocycles. The van der Waals surface area contributed by atoms with E-state index >= 15 is 0 Å². The van der Waals surface area contributed by atoms with Gasteiger partial charge in [-0.15, -0.1) is 0 Å². The average molecular weight is 272 g/mol. The second kappa shape index (κ2) is 4.62. The van der Waals surface area contributed by atoms with Crippen molar-refractivity contribution >= 4 is 23.2 Å². The summed E-state index contributed by atoms with van der Waals surface area (Å²) in [6.07, 6.45) is 2.72. The molecule has 2 N–H and O–H groups in total. The van der Waals surface area contributed by atoms with E-state index in [4.69, 9.17) is 5.73 Å². The van der Waals surface area contributed by atoms with E-state index in [1.165, 1.54) is 4.90 Å². The van der Waals surface area contributed by atoms with E-state index in [1.807, 2.05) is 13.0 Å². The van der Waals surface area contributed by atoms with Crippen LogP contribution in [0.1, 0.15) is 31.7 Å². The molecule has 0 aromatic heterocycles. The molecule has 1 heterocycles. The molecule has 1 saturated heterocycles. The fraction of sp³-hybridized carbons (Fsp3) is 0.500. The third kappa shape index (κ3) is 1.82. The number of hydrogen-bond acceptors (Lipinski definition) is 3. The fourth-order valence-corrected chi connectivity index (χ4v) is 3.58. The molecule has 1 aromatic carbocycles. The molecule has 0 spiro atoms. The molecule has 0 bridgehead atoms. The van der Waals surface area contributed by atoms with Gasteiger partial charge in [-0.05, 0) is 43.4 Å². The van der Waals surface area contributed by atoms with Gasteiger partial charge in [-0.25, -0.2) is 4.90 Å². The number of aryl methyl sites for hydroxylation is 1. The third-order valence-corrected chi connectivity index (χ3v) is 4.74. The van der Waals surface area contributed by atoms with Gasteiger partial charge in [-0.1, -0.05) is 19.4 Å². The first kappa shape index (κ1) is 13.2. The maximum Gasteiger partial charge on any atom is 0.237 e. The Hall–Kier alpha value is -1.84. The number of anilines is 2. The zero-order chi connectivity index (χ0) is 14.4. The van der Waals surface area contributed by atoms with Crippen molar-refractivity contribution in [2.45, 2.75) is 33.1 Å². The molecular weight excluding hydrogens is 252 g/mol. The highest BCUT2D eigenvalue weighted by Crippen LogP contribution is 2.46. The average Bonchev–Trinajstić information content (AvgIpc) is 2.93. The van der Waals surface area contributed by atoms with Crippen LogP contribution in [-0.2, 0) is 9.59 Å². The van der Waals surface area contributed by atoms with Gasteiger partial charge in [0.05, 0.1) is 23.2 Å². The minimum atomic E-state index is -0.131. The topological polar surface area (TPSA) is 63.4 Å². The molecule has 106 valence electrons. The summed E-state index contributed by atoms with van der Waals surface area (Å²) < 4.78 is 0. The van der Waals surface area contributed by atoms with Crippen LogP contribution in [-0.4, -0.2) is 11.8 Å². The van der Waals surface area contributed by atoms with Crippen LogP contribution >= 0.6 is 0 Å². The molecule has 1 aromatic rings. The zero-order valence-electron chi connectivity index (χ0n) is 11.9. The minimum Gasteiger partial charge on any atom is -0.397 e. The SMILES string of the molecule is CCC1CC2C(=O)N(c3ccc(C)cc3N)C(=O)C2C1. The first-order valence-electron chi connectivity index (χ1n) is 7.26. The second-order valence-electron chi connectivity index (χ2n) is 6.03. The summed E-state index contributed by atoms with van der Waals surface area (Å²) in [5, 5.41) is 0. The van der Waals surface area contributed by atoms with E-state index in [0.717, 1.165) is 24.8 Å². The molecule has 4 heteroatoms. The number of benzene rings is 1. The lowest BCUT2D eigenvalue weighted by Gasteiger charge is -2.19. The summed E-state index contributed by atoms with van der Waals surface area (Å²) in [4.78, 5) is 26.4. The van der Waals surface area contributed by atoms with Crippen LogP contribution in [0.15, 0.2) is 18.2 Å². The van der Waals surface area contributed by atoms with Crippen molar-refractivity contribution in [2.75, 3.05) is 10.6 Å². The van der Waals surface area contributed by atoms with Gasteiger partial charge in [0.1, 0.15) is 0 Å². The van der Waals surface area contributed by atoms with Crippen molar-refractivity contribution in [1.29, 1.82) is 0 Å². The normalized spacial score (nSPS) is 29.1. The lowest BCUT2D eigenvalue weighted by atomic mass is 10.00. The third-order valence-electron chi connectivity index (χ3n) is 4.74. The summed E-state index contributed by atoms with van der Waals surface area (Å²) in [6, 6.07) is 5.47. The quantitative estimate of drug-likeness (QED) is 0.664. The van der Waals surface area contributed by atoms with E-state index < -0.39 is 0 Å². The van der Waals surface area contributed by atoms with Crippen LogP contribution < -0.4 is 10.6 Å². The number of nitrogen functional groups attached to an aromatic ring is 1. The van der Waals surface area contributed by atoms with E-state index in [0.29, 0.717) is 17.3 Å². The smallest absolute Gasteiger partial charge is 0.237 e. The lowest BCUT2D eigenvalue weighted by Crippen LogP contribution is -2.32. The Bertz CT molecular complexity index is 558. The van der Waals surface area contributed by atoms with Crippen molar-refractivity contribution in [3.63, 3.8) is 0 Å². The second-order valence-corrected chi connectivity index (χ2v) is 6.03. The predicted molar refractivity (Wildman–Crippen MR) is 78.1 cm³/mol. The maximum atomic E-state index is 12.5. The van der Waals surface area contributed by atoms with Gasteiger partial charge in [0.15, 0.2) is 0 Å². The number of hydrogen-bond donors (Lipinski definition) is 1. The first-order chi connectivity index (χ1) is 9.52. The fourth-order valence-electron chi connectivity index (χ4n) is 3.58. The summed E-state index contributed by atoms with van der Waals surface area (Å²) in [6.45, 7) is 4.06. The van der Waals surface area contributed by atoms with Gasteiger partial charge in [0.2, 0.25) is 11.8 Å². The Morgan fingerprint density at radius 2 is 1.80 bits per heavy atom. The van der Waals surface area contributed by atoms with Crippen molar-refractivity contribution in [3.05, 3.63) is 23.8 Å². The Morgan fingerprint density at radius 3 is 2.30 bits per heavy atom. The Labute approximate surface area is 118 Å². The number of nitrogens with zero attached hydrogens (tertiary/aromatic N) is 1. The molecule has 2 amide bonds. The monoisotopic (exact) mass is 272 g/mol. The number of fused-ring (bicyclic) bond motifs is 1. The summed E-state index contributed by atoms with van der Waals surface area (Å²) in [5.41, 5.74) is 8.06. The van der Waals surface area contributed by atoms with Crippen molar-refractivity contribution in [1.82, 2.24) is 0 Å². The van der Waals surface area contributed by atoms with Gasteiger partial charge in [0.25, 0.3) is 0 Å².